The van der Waals surface area contributed by atoms with Crippen molar-refractivity contribution < 1.29 is 14.3 Å². The lowest BCUT2D eigenvalue weighted by molar-refractivity contribution is -0.134. The number of hydrogen-bond acceptors (Lipinski definition) is 5. The van der Waals surface area contributed by atoms with Gasteiger partial charge in [-0.2, -0.15) is 0 Å². The number of piperidine rings is 1. The highest BCUT2D eigenvalue weighted by Gasteiger charge is 2.25. The molecule has 2 fully saturated rings. The van der Waals surface area contributed by atoms with E-state index in [9.17, 15) is 4.79 Å². The Hall–Kier alpha value is -1.79. The summed E-state index contributed by atoms with van der Waals surface area (Å²) < 4.78 is 10.8. The predicted octanol–water partition coefficient (Wildman–Crippen LogP) is 1.79. The molecule has 1 aromatic carbocycles. The molecule has 3 aliphatic rings. The summed E-state index contributed by atoms with van der Waals surface area (Å²) in [6, 6.07) is 6.16. The van der Waals surface area contributed by atoms with Crippen molar-refractivity contribution in [3.8, 4) is 11.5 Å². The van der Waals surface area contributed by atoms with Crippen molar-refractivity contribution in [2.24, 2.45) is 5.92 Å². The Morgan fingerprint density at radius 3 is 2.54 bits per heavy atom. The first-order chi connectivity index (χ1) is 12.7. The highest BCUT2D eigenvalue weighted by Crippen LogP contribution is 2.32. The zero-order valence-electron chi connectivity index (χ0n) is 15.7. The summed E-state index contributed by atoms with van der Waals surface area (Å²) in [6.07, 6.45) is 3.05. The van der Waals surface area contributed by atoms with E-state index in [1.54, 1.807) is 0 Å². The van der Waals surface area contributed by atoms with Crippen molar-refractivity contribution in [2.75, 3.05) is 53.1 Å². The lowest BCUT2D eigenvalue weighted by Crippen LogP contribution is -2.48. The van der Waals surface area contributed by atoms with Gasteiger partial charge in [0.1, 0.15) is 0 Å². The minimum Gasteiger partial charge on any atom is -0.454 e. The van der Waals surface area contributed by atoms with E-state index in [1.807, 2.05) is 6.07 Å². The maximum atomic E-state index is 12.6. The number of fused-ring (bicyclic) bond motifs is 1. The van der Waals surface area contributed by atoms with Gasteiger partial charge in [-0.15, -0.1) is 0 Å². The van der Waals surface area contributed by atoms with E-state index in [0.717, 1.165) is 76.6 Å². The molecule has 0 radical (unpaired) electrons. The number of ether oxygens (including phenoxy) is 2. The first kappa shape index (κ1) is 17.6. The van der Waals surface area contributed by atoms with Crippen molar-refractivity contribution >= 4 is 5.91 Å². The molecule has 2 saturated heterocycles. The van der Waals surface area contributed by atoms with Crippen molar-refractivity contribution in [3.05, 3.63) is 23.8 Å². The second-order valence-corrected chi connectivity index (χ2v) is 7.80. The number of rotatable bonds is 4. The minimum absolute atomic E-state index is 0.316. The molecule has 6 nitrogen and oxygen atoms in total. The Balaban J connectivity index is 1.23. The zero-order chi connectivity index (χ0) is 17.9. The molecular formula is C20H29N3O3. The molecular weight excluding hydrogens is 330 g/mol. The van der Waals surface area contributed by atoms with Crippen LogP contribution in [-0.2, 0) is 11.3 Å². The highest BCUT2D eigenvalue weighted by atomic mass is 16.7. The van der Waals surface area contributed by atoms with Crippen LogP contribution in [0.4, 0.5) is 0 Å². The summed E-state index contributed by atoms with van der Waals surface area (Å²) in [5.41, 5.74) is 1.24. The second-order valence-electron chi connectivity index (χ2n) is 7.80. The molecule has 0 unspecified atom stereocenters. The number of hydrogen-bond donors (Lipinski definition) is 0. The van der Waals surface area contributed by atoms with E-state index < -0.39 is 0 Å². The van der Waals surface area contributed by atoms with Crippen molar-refractivity contribution in [3.63, 3.8) is 0 Å². The Kier molecular flexibility index (Phi) is 5.31. The number of nitrogens with zero attached hydrogens (tertiary/aromatic N) is 3. The molecule has 26 heavy (non-hydrogen) atoms. The van der Waals surface area contributed by atoms with Gasteiger partial charge in [0.15, 0.2) is 11.5 Å². The largest absolute Gasteiger partial charge is 0.454 e. The first-order valence-corrected chi connectivity index (χ1v) is 9.74. The van der Waals surface area contributed by atoms with Gasteiger partial charge < -0.3 is 19.3 Å². The Bertz CT molecular complexity index is 635. The molecule has 6 heteroatoms. The lowest BCUT2D eigenvalue weighted by atomic mass is 9.93. The van der Waals surface area contributed by atoms with E-state index >= 15 is 0 Å². The summed E-state index contributed by atoms with van der Waals surface area (Å²) in [7, 11) is 2.16. The zero-order valence-corrected chi connectivity index (χ0v) is 15.7. The monoisotopic (exact) mass is 359 g/mol. The number of carbonyl (C=O) groups excluding carboxylic acids is 1. The van der Waals surface area contributed by atoms with E-state index in [0.29, 0.717) is 18.6 Å². The summed E-state index contributed by atoms with van der Waals surface area (Å²) in [4.78, 5) is 19.4. The smallest absolute Gasteiger partial charge is 0.231 e. The summed E-state index contributed by atoms with van der Waals surface area (Å²) >= 11 is 0. The van der Waals surface area contributed by atoms with Gasteiger partial charge >= 0.3 is 0 Å². The lowest BCUT2D eigenvalue weighted by Gasteiger charge is -2.36. The van der Waals surface area contributed by atoms with Gasteiger partial charge in [0.05, 0.1) is 0 Å². The molecule has 0 aliphatic carbocycles. The van der Waals surface area contributed by atoms with Gasteiger partial charge in [0, 0.05) is 39.1 Å². The number of piperazine rings is 1. The van der Waals surface area contributed by atoms with Crippen LogP contribution < -0.4 is 9.47 Å². The second kappa shape index (κ2) is 7.84. The van der Waals surface area contributed by atoms with Crippen LogP contribution in [0.25, 0.3) is 0 Å². The van der Waals surface area contributed by atoms with Crippen LogP contribution in [0.1, 0.15) is 24.8 Å². The van der Waals surface area contributed by atoms with Crippen LogP contribution in [0, 0.1) is 5.92 Å². The third kappa shape index (κ3) is 4.13. The fraction of sp³-hybridized carbons (Fsp3) is 0.650. The van der Waals surface area contributed by atoms with E-state index in [2.05, 4.69) is 33.9 Å². The van der Waals surface area contributed by atoms with Gasteiger partial charge in [-0.25, -0.2) is 0 Å². The first-order valence-electron chi connectivity index (χ1n) is 9.74. The van der Waals surface area contributed by atoms with Gasteiger partial charge in [0.25, 0.3) is 0 Å². The third-order valence-electron chi connectivity index (χ3n) is 5.87. The molecule has 1 aromatic rings. The van der Waals surface area contributed by atoms with Crippen molar-refractivity contribution in [1.82, 2.24) is 14.7 Å². The number of amides is 1. The SMILES string of the molecule is CN1CCC(CC(=O)N2CCN(Cc3ccc4c(c3)OCO4)CC2)CC1. The van der Waals surface area contributed by atoms with Gasteiger partial charge in [0.2, 0.25) is 12.7 Å². The number of carbonyl (C=O) groups is 1. The quantitative estimate of drug-likeness (QED) is 0.820. The molecule has 0 aromatic heterocycles. The minimum atomic E-state index is 0.316. The molecule has 0 bridgehead atoms. The molecule has 0 atom stereocenters. The van der Waals surface area contributed by atoms with E-state index in [-0.39, 0.29) is 0 Å². The molecule has 3 aliphatic heterocycles. The molecule has 1 amide bonds. The fourth-order valence-corrected chi connectivity index (χ4v) is 4.10. The number of likely N-dealkylation sites (tertiary alicyclic amines) is 1. The Morgan fingerprint density at radius 2 is 1.77 bits per heavy atom. The summed E-state index contributed by atoms with van der Waals surface area (Å²) in [5, 5.41) is 0. The average Bonchev–Trinajstić information content (AvgIpc) is 3.12. The molecule has 0 saturated carbocycles. The van der Waals surface area contributed by atoms with E-state index in [4.69, 9.17) is 9.47 Å². The third-order valence-corrected chi connectivity index (χ3v) is 5.87. The van der Waals surface area contributed by atoms with Crippen molar-refractivity contribution in [1.29, 1.82) is 0 Å². The normalized spacial score (nSPS) is 22.0. The van der Waals surface area contributed by atoms with Crippen LogP contribution in [0.15, 0.2) is 18.2 Å². The van der Waals surface area contributed by atoms with Crippen LogP contribution in [0.5, 0.6) is 11.5 Å². The van der Waals surface area contributed by atoms with Crippen LogP contribution in [-0.4, -0.2) is 73.7 Å². The Morgan fingerprint density at radius 1 is 1.04 bits per heavy atom. The molecule has 3 heterocycles. The van der Waals surface area contributed by atoms with Crippen molar-refractivity contribution in [2.45, 2.75) is 25.8 Å². The standard InChI is InChI=1S/C20H29N3O3/c1-21-6-4-16(5-7-21)13-20(24)23-10-8-22(9-11-23)14-17-2-3-18-19(12-17)26-15-25-18/h2-3,12,16H,4-11,13-15H2,1H3. The van der Waals surface area contributed by atoms with E-state index in [1.165, 1.54) is 5.56 Å². The van der Waals surface area contributed by atoms with Gasteiger partial charge in [-0.1, -0.05) is 6.07 Å². The summed E-state index contributed by atoms with van der Waals surface area (Å²) in [5.74, 6) is 2.60. The number of benzene rings is 1. The van der Waals surface area contributed by atoms with Gasteiger partial charge in [-0.3, -0.25) is 9.69 Å². The topological polar surface area (TPSA) is 45.3 Å². The molecule has 142 valence electrons. The van der Waals surface area contributed by atoms with Crippen LogP contribution in [0.2, 0.25) is 0 Å². The fourth-order valence-electron chi connectivity index (χ4n) is 4.10. The maximum Gasteiger partial charge on any atom is 0.231 e. The molecule has 4 rings (SSSR count). The Labute approximate surface area is 155 Å². The summed E-state index contributed by atoms with van der Waals surface area (Å²) in [6.45, 7) is 7.03. The average molecular weight is 359 g/mol. The highest BCUT2D eigenvalue weighted by molar-refractivity contribution is 5.76. The van der Waals surface area contributed by atoms with Gasteiger partial charge in [-0.05, 0) is 56.6 Å². The van der Waals surface area contributed by atoms with Crippen LogP contribution in [0.3, 0.4) is 0 Å². The molecule has 0 N–H and O–H groups in total. The molecule has 0 spiro atoms. The van der Waals surface area contributed by atoms with Crippen LogP contribution >= 0.6 is 0 Å². The predicted molar refractivity (Wildman–Crippen MR) is 99.3 cm³/mol. The maximum absolute atomic E-state index is 12.6.